The van der Waals surface area contributed by atoms with Gasteiger partial charge in [-0.15, -0.1) is 10.2 Å². The van der Waals surface area contributed by atoms with Gasteiger partial charge in [-0.2, -0.15) is 14.7 Å². The Labute approximate surface area is 136 Å². The summed E-state index contributed by atoms with van der Waals surface area (Å²) in [7, 11) is 1.93. The molecule has 0 unspecified atom stereocenters. The Morgan fingerprint density at radius 1 is 1.17 bits per heavy atom. The van der Waals surface area contributed by atoms with E-state index in [0.29, 0.717) is 11.6 Å². The van der Waals surface area contributed by atoms with Crippen LogP contribution in [0, 0.1) is 0 Å². The van der Waals surface area contributed by atoms with E-state index < -0.39 is 0 Å². The molecule has 4 aromatic heterocycles. The van der Waals surface area contributed by atoms with Crippen LogP contribution in [0.4, 0.5) is 0 Å². The Bertz CT molecular complexity index is 970. The van der Waals surface area contributed by atoms with Gasteiger partial charge in [0.25, 0.3) is 0 Å². The number of furan rings is 1. The van der Waals surface area contributed by atoms with Crippen LogP contribution in [0.3, 0.4) is 0 Å². The number of aromatic nitrogens is 6. The van der Waals surface area contributed by atoms with Gasteiger partial charge in [0, 0.05) is 12.5 Å². The molecule has 118 valence electrons. The van der Waals surface area contributed by atoms with Gasteiger partial charge < -0.3 is 4.42 Å². The molecular weight excluding hydrogens is 312 g/mol. The van der Waals surface area contributed by atoms with Gasteiger partial charge in [0.05, 0.1) is 17.7 Å². The molecular formula is C15H16N6OS. The van der Waals surface area contributed by atoms with Crippen LogP contribution in [0.25, 0.3) is 27.2 Å². The first-order valence-electron chi connectivity index (χ1n) is 7.24. The van der Waals surface area contributed by atoms with Crippen LogP contribution < -0.4 is 0 Å². The van der Waals surface area contributed by atoms with E-state index in [1.165, 1.54) is 11.3 Å². The number of nitrogens with zero attached hydrogens (tertiary/aromatic N) is 6. The third-order valence-electron chi connectivity index (χ3n) is 3.60. The Morgan fingerprint density at radius 2 is 2.00 bits per heavy atom. The molecule has 0 aliphatic heterocycles. The lowest BCUT2D eigenvalue weighted by Crippen LogP contribution is -2.12. The summed E-state index contributed by atoms with van der Waals surface area (Å²) < 4.78 is 8.97. The van der Waals surface area contributed by atoms with Crippen molar-refractivity contribution in [1.82, 2.24) is 29.6 Å². The minimum atomic E-state index is -0.00565. The van der Waals surface area contributed by atoms with Crippen LogP contribution in [0.15, 0.2) is 28.9 Å². The zero-order valence-corrected chi connectivity index (χ0v) is 14.1. The molecule has 7 nitrogen and oxygen atoms in total. The number of fused-ring (bicyclic) bond motifs is 1. The van der Waals surface area contributed by atoms with Crippen molar-refractivity contribution in [2.75, 3.05) is 0 Å². The molecule has 4 aromatic rings. The lowest BCUT2D eigenvalue weighted by Gasteiger charge is -2.13. The normalized spacial score (nSPS) is 12.3. The van der Waals surface area contributed by atoms with E-state index >= 15 is 0 Å². The quantitative estimate of drug-likeness (QED) is 0.565. The molecule has 0 spiro atoms. The van der Waals surface area contributed by atoms with Gasteiger partial charge in [-0.25, -0.2) is 0 Å². The maximum absolute atomic E-state index is 5.40. The SMILES string of the molecule is Cn1nc(C(C)(C)C)cc1-c1nn2c(-c3ccco3)nnc2s1. The zero-order chi connectivity index (χ0) is 16.2. The molecule has 0 radical (unpaired) electrons. The molecule has 0 amide bonds. The topological polar surface area (TPSA) is 74.0 Å². The van der Waals surface area contributed by atoms with Gasteiger partial charge in [-0.3, -0.25) is 4.68 Å². The number of hydrogen-bond acceptors (Lipinski definition) is 6. The Morgan fingerprint density at radius 3 is 2.65 bits per heavy atom. The zero-order valence-electron chi connectivity index (χ0n) is 13.3. The van der Waals surface area contributed by atoms with Crippen LogP contribution in [0.5, 0.6) is 0 Å². The van der Waals surface area contributed by atoms with Crippen molar-refractivity contribution in [3.8, 4) is 22.3 Å². The highest BCUT2D eigenvalue weighted by atomic mass is 32.1. The third-order valence-corrected chi connectivity index (χ3v) is 4.52. The van der Waals surface area contributed by atoms with E-state index in [1.807, 2.05) is 23.9 Å². The molecule has 0 aliphatic carbocycles. The van der Waals surface area contributed by atoms with Crippen molar-refractivity contribution in [2.45, 2.75) is 26.2 Å². The largest absolute Gasteiger partial charge is 0.461 e. The first-order chi connectivity index (χ1) is 10.9. The van der Waals surface area contributed by atoms with E-state index in [1.54, 1.807) is 10.8 Å². The number of hydrogen-bond donors (Lipinski definition) is 0. The van der Waals surface area contributed by atoms with Crippen molar-refractivity contribution >= 4 is 16.3 Å². The summed E-state index contributed by atoms with van der Waals surface area (Å²) in [6.07, 6.45) is 1.61. The lowest BCUT2D eigenvalue weighted by molar-refractivity contribution is 0.553. The summed E-state index contributed by atoms with van der Waals surface area (Å²) in [6.45, 7) is 6.44. The minimum Gasteiger partial charge on any atom is -0.461 e. The van der Waals surface area contributed by atoms with E-state index in [0.717, 1.165) is 21.4 Å². The summed E-state index contributed by atoms with van der Waals surface area (Å²) in [5.74, 6) is 1.25. The van der Waals surface area contributed by atoms with Crippen molar-refractivity contribution in [3.63, 3.8) is 0 Å². The molecule has 0 saturated heterocycles. The van der Waals surface area contributed by atoms with E-state index in [2.05, 4.69) is 47.2 Å². The van der Waals surface area contributed by atoms with Gasteiger partial charge in [-0.1, -0.05) is 32.1 Å². The molecule has 4 rings (SSSR count). The second-order valence-corrected chi connectivity index (χ2v) is 7.35. The molecule has 0 bridgehead atoms. The Balaban J connectivity index is 1.83. The smallest absolute Gasteiger partial charge is 0.235 e. The molecule has 0 aromatic carbocycles. The molecule has 0 saturated carbocycles. The van der Waals surface area contributed by atoms with Crippen LogP contribution >= 0.6 is 11.3 Å². The summed E-state index contributed by atoms with van der Waals surface area (Å²) in [4.78, 5) is 0.727. The maximum atomic E-state index is 5.40. The molecule has 8 heteroatoms. The Kier molecular flexibility index (Phi) is 2.92. The number of rotatable bonds is 2. The van der Waals surface area contributed by atoms with Gasteiger partial charge in [0.1, 0.15) is 0 Å². The predicted molar refractivity (Wildman–Crippen MR) is 87.3 cm³/mol. The lowest BCUT2D eigenvalue weighted by atomic mass is 9.92. The fraction of sp³-hybridized carbons (Fsp3) is 0.333. The summed E-state index contributed by atoms with van der Waals surface area (Å²) in [5.41, 5.74) is 2.00. The standard InChI is InChI=1S/C15H16N6OS/c1-15(2,3)11-8-9(20(4)18-11)13-19-21-12(10-6-5-7-22-10)16-17-14(21)23-13/h5-8H,1-4H3. The fourth-order valence-corrected chi connectivity index (χ4v) is 3.20. The Hall–Kier alpha value is -2.48. The summed E-state index contributed by atoms with van der Waals surface area (Å²) in [5, 5.41) is 18.4. The molecule has 0 N–H and O–H groups in total. The van der Waals surface area contributed by atoms with Gasteiger partial charge in [-0.05, 0) is 18.2 Å². The first-order valence-corrected chi connectivity index (χ1v) is 8.06. The molecule has 0 aliphatic rings. The minimum absolute atomic E-state index is 0.00565. The van der Waals surface area contributed by atoms with Crippen molar-refractivity contribution < 1.29 is 4.42 Å². The van der Waals surface area contributed by atoms with E-state index in [-0.39, 0.29) is 5.41 Å². The average Bonchev–Trinajstić information content (AvgIpc) is 3.19. The van der Waals surface area contributed by atoms with Crippen LogP contribution in [-0.4, -0.2) is 29.6 Å². The van der Waals surface area contributed by atoms with Crippen LogP contribution in [0.2, 0.25) is 0 Å². The summed E-state index contributed by atoms with van der Waals surface area (Å²) >= 11 is 1.48. The van der Waals surface area contributed by atoms with E-state index in [9.17, 15) is 0 Å². The summed E-state index contributed by atoms with van der Waals surface area (Å²) in [6, 6.07) is 5.75. The van der Waals surface area contributed by atoms with Crippen molar-refractivity contribution in [3.05, 3.63) is 30.2 Å². The van der Waals surface area contributed by atoms with Crippen molar-refractivity contribution in [2.24, 2.45) is 7.05 Å². The second kappa shape index (κ2) is 4.76. The predicted octanol–water partition coefficient (Wildman–Crippen LogP) is 3.14. The van der Waals surface area contributed by atoms with Gasteiger partial charge in [0.2, 0.25) is 10.8 Å². The highest BCUT2D eigenvalue weighted by Crippen LogP contribution is 2.31. The molecule has 4 heterocycles. The molecule has 23 heavy (non-hydrogen) atoms. The maximum Gasteiger partial charge on any atom is 0.235 e. The average molecular weight is 328 g/mol. The van der Waals surface area contributed by atoms with Crippen LogP contribution in [-0.2, 0) is 12.5 Å². The van der Waals surface area contributed by atoms with E-state index in [4.69, 9.17) is 4.42 Å². The third kappa shape index (κ3) is 2.26. The molecule has 0 fully saturated rings. The van der Waals surface area contributed by atoms with Gasteiger partial charge in [0.15, 0.2) is 10.8 Å². The second-order valence-electron chi connectivity index (χ2n) is 6.39. The monoisotopic (exact) mass is 328 g/mol. The highest BCUT2D eigenvalue weighted by Gasteiger charge is 2.22. The van der Waals surface area contributed by atoms with Crippen molar-refractivity contribution in [1.29, 1.82) is 0 Å². The highest BCUT2D eigenvalue weighted by molar-refractivity contribution is 7.19. The first kappa shape index (κ1) is 14.1. The van der Waals surface area contributed by atoms with Gasteiger partial charge >= 0.3 is 0 Å². The fourth-order valence-electron chi connectivity index (χ4n) is 2.31. The van der Waals surface area contributed by atoms with Crippen LogP contribution in [0.1, 0.15) is 26.5 Å². The molecule has 0 atom stereocenters. The number of aryl methyl sites for hydroxylation is 1.